The Balaban J connectivity index is 1.53. The Morgan fingerprint density at radius 1 is 1.16 bits per heavy atom. The Morgan fingerprint density at radius 2 is 1.90 bits per heavy atom. The standard InChI is InChI=1S/C19H17F3N4O3S2/c20-14-2-1-3-17(29-12-6-23-7-12)13(14)8-24-11-4-15(21)19(16(22)5-11)31(27,28)26-18-9-30-10-25-18/h1-5,9-10,12,23-24,26H,6-8H2. The van der Waals surface area contributed by atoms with Gasteiger partial charge in [-0.25, -0.2) is 26.6 Å². The van der Waals surface area contributed by atoms with Gasteiger partial charge in [0.2, 0.25) is 0 Å². The number of thiazole rings is 1. The Morgan fingerprint density at radius 3 is 2.52 bits per heavy atom. The third-order valence-electron chi connectivity index (χ3n) is 4.52. The minimum Gasteiger partial charge on any atom is -0.487 e. The SMILES string of the molecule is O=S(=O)(Nc1cscn1)c1c(F)cc(NCc2c(F)cccc2OC2CNC2)cc1F. The number of sulfonamides is 1. The van der Waals surface area contributed by atoms with Gasteiger partial charge in [-0.15, -0.1) is 11.3 Å². The molecule has 3 aromatic rings. The van der Waals surface area contributed by atoms with Crippen LogP contribution in [0.1, 0.15) is 5.56 Å². The quantitative estimate of drug-likeness (QED) is 0.468. The first-order valence-electron chi connectivity index (χ1n) is 9.12. The Kier molecular flexibility index (Phi) is 6.03. The minimum absolute atomic E-state index is 0.0419. The zero-order valence-corrected chi connectivity index (χ0v) is 17.5. The number of anilines is 2. The smallest absolute Gasteiger partial charge is 0.268 e. The molecule has 1 aliphatic heterocycles. The van der Waals surface area contributed by atoms with Crippen LogP contribution in [-0.4, -0.2) is 32.6 Å². The molecular weight excluding hydrogens is 453 g/mol. The Hall–Kier alpha value is -2.83. The Labute approximate surface area is 180 Å². The number of aromatic nitrogens is 1. The second-order valence-electron chi connectivity index (χ2n) is 6.72. The maximum atomic E-state index is 14.5. The summed E-state index contributed by atoms with van der Waals surface area (Å²) in [6.07, 6.45) is -0.0786. The van der Waals surface area contributed by atoms with Gasteiger partial charge in [-0.05, 0) is 24.3 Å². The van der Waals surface area contributed by atoms with Gasteiger partial charge in [0.1, 0.15) is 29.3 Å². The fourth-order valence-corrected chi connectivity index (χ4v) is 4.59. The first-order valence-corrected chi connectivity index (χ1v) is 11.5. The molecule has 1 aliphatic rings. The highest BCUT2D eigenvalue weighted by Gasteiger charge is 2.26. The van der Waals surface area contributed by atoms with Crippen molar-refractivity contribution >= 4 is 32.9 Å². The van der Waals surface area contributed by atoms with E-state index < -0.39 is 32.4 Å². The number of rotatable bonds is 8. The molecule has 1 aromatic heterocycles. The summed E-state index contributed by atoms with van der Waals surface area (Å²) >= 11 is 1.12. The minimum atomic E-state index is -4.52. The van der Waals surface area contributed by atoms with Gasteiger partial charge in [0.25, 0.3) is 10.0 Å². The zero-order valence-electron chi connectivity index (χ0n) is 15.9. The number of hydrogen-bond acceptors (Lipinski definition) is 7. The summed E-state index contributed by atoms with van der Waals surface area (Å²) in [6.45, 7) is 1.17. The molecule has 1 saturated heterocycles. The second-order valence-corrected chi connectivity index (χ2v) is 9.05. The second kappa shape index (κ2) is 8.73. The van der Waals surface area contributed by atoms with Crippen molar-refractivity contribution in [2.24, 2.45) is 0 Å². The topological polar surface area (TPSA) is 92.4 Å². The molecule has 2 heterocycles. The third-order valence-corrected chi connectivity index (χ3v) is 6.51. The maximum Gasteiger partial charge on any atom is 0.268 e. The van der Waals surface area contributed by atoms with Crippen LogP contribution in [-0.2, 0) is 16.6 Å². The molecule has 4 rings (SSSR count). The van der Waals surface area contributed by atoms with Gasteiger partial charge in [-0.3, -0.25) is 4.72 Å². The molecule has 0 aliphatic carbocycles. The van der Waals surface area contributed by atoms with E-state index in [0.29, 0.717) is 18.8 Å². The molecule has 7 nitrogen and oxygen atoms in total. The van der Waals surface area contributed by atoms with Gasteiger partial charge in [-0.2, -0.15) is 0 Å². The van der Waals surface area contributed by atoms with Crippen molar-refractivity contribution in [2.75, 3.05) is 23.1 Å². The summed E-state index contributed by atoms with van der Waals surface area (Å²) < 4.78 is 75.8. The molecule has 0 spiro atoms. The van der Waals surface area contributed by atoms with Crippen LogP contribution >= 0.6 is 11.3 Å². The molecule has 0 atom stereocenters. The monoisotopic (exact) mass is 470 g/mol. The van der Waals surface area contributed by atoms with Crippen LogP contribution in [0.15, 0.2) is 46.1 Å². The van der Waals surface area contributed by atoms with E-state index in [2.05, 4.69) is 15.6 Å². The predicted molar refractivity (Wildman–Crippen MR) is 110 cm³/mol. The number of benzene rings is 2. The lowest BCUT2D eigenvalue weighted by Gasteiger charge is -2.29. The number of hydrogen-bond donors (Lipinski definition) is 3. The van der Waals surface area contributed by atoms with Crippen LogP contribution in [0.3, 0.4) is 0 Å². The summed E-state index contributed by atoms with van der Waals surface area (Å²) in [5.74, 6) is -2.84. The van der Waals surface area contributed by atoms with Gasteiger partial charge in [-0.1, -0.05) is 6.07 Å². The number of nitrogens with zero attached hydrogens (tertiary/aromatic N) is 1. The molecule has 12 heteroatoms. The average Bonchev–Trinajstić information content (AvgIpc) is 3.15. The maximum absolute atomic E-state index is 14.5. The number of halogens is 3. The highest BCUT2D eigenvalue weighted by atomic mass is 32.2. The summed E-state index contributed by atoms with van der Waals surface area (Å²) in [6, 6.07) is 6.03. The van der Waals surface area contributed by atoms with E-state index in [9.17, 15) is 21.6 Å². The van der Waals surface area contributed by atoms with Crippen molar-refractivity contribution < 1.29 is 26.3 Å². The molecule has 3 N–H and O–H groups in total. The van der Waals surface area contributed by atoms with Crippen molar-refractivity contribution in [3.8, 4) is 5.75 Å². The fourth-order valence-electron chi connectivity index (χ4n) is 2.91. The van der Waals surface area contributed by atoms with E-state index in [1.165, 1.54) is 23.0 Å². The van der Waals surface area contributed by atoms with Crippen molar-refractivity contribution in [1.82, 2.24) is 10.3 Å². The molecule has 0 bridgehead atoms. The van der Waals surface area contributed by atoms with Gasteiger partial charge in [0.15, 0.2) is 10.7 Å². The lowest BCUT2D eigenvalue weighted by Crippen LogP contribution is -2.50. The summed E-state index contributed by atoms with van der Waals surface area (Å²) in [7, 11) is -4.52. The number of ether oxygens (including phenoxy) is 1. The van der Waals surface area contributed by atoms with Gasteiger partial charge in [0.05, 0.1) is 5.51 Å². The normalized spacial score (nSPS) is 14.2. The van der Waals surface area contributed by atoms with Gasteiger partial charge >= 0.3 is 0 Å². The molecule has 2 aromatic carbocycles. The van der Waals surface area contributed by atoms with Crippen LogP contribution in [0.2, 0.25) is 0 Å². The highest BCUT2D eigenvalue weighted by molar-refractivity contribution is 7.92. The third kappa shape index (κ3) is 4.75. The molecule has 0 amide bonds. The first kappa shape index (κ1) is 21.4. The molecule has 0 saturated carbocycles. The largest absolute Gasteiger partial charge is 0.487 e. The van der Waals surface area contributed by atoms with Gasteiger partial charge in [0, 0.05) is 36.3 Å². The van der Waals surface area contributed by atoms with Crippen LogP contribution in [0, 0.1) is 17.5 Å². The first-order chi connectivity index (χ1) is 14.8. The van der Waals surface area contributed by atoms with Crippen molar-refractivity contribution in [2.45, 2.75) is 17.5 Å². The van der Waals surface area contributed by atoms with E-state index >= 15 is 0 Å². The van der Waals surface area contributed by atoms with E-state index in [1.54, 1.807) is 6.07 Å². The molecule has 0 radical (unpaired) electrons. The van der Waals surface area contributed by atoms with Crippen molar-refractivity contribution in [1.29, 1.82) is 0 Å². The number of nitrogens with one attached hydrogen (secondary N) is 3. The lowest BCUT2D eigenvalue weighted by atomic mass is 10.1. The summed E-state index contributed by atoms with van der Waals surface area (Å²) in [5.41, 5.74) is 1.51. The van der Waals surface area contributed by atoms with Crippen molar-refractivity contribution in [3.63, 3.8) is 0 Å². The van der Waals surface area contributed by atoms with Crippen molar-refractivity contribution in [3.05, 3.63) is 64.2 Å². The van der Waals surface area contributed by atoms with E-state index in [-0.39, 0.29) is 29.7 Å². The zero-order chi connectivity index (χ0) is 22.0. The summed E-state index contributed by atoms with van der Waals surface area (Å²) in [5, 5.41) is 7.14. The molecular formula is C19H17F3N4O3S2. The predicted octanol–water partition coefficient (Wildman–Crippen LogP) is 3.32. The van der Waals surface area contributed by atoms with E-state index in [4.69, 9.17) is 4.74 Å². The van der Waals surface area contributed by atoms with Crippen LogP contribution in [0.4, 0.5) is 24.7 Å². The van der Waals surface area contributed by atoms with Crippen LogP contribution in [0.5, 0.6) is 5.75 Å². The molecule has 1 fully saturated rings. The molecule has 164 valence electrons. The van der Waals surface area contributed by atoms with Crippen LogP contribution < -0.4 is 20.1 Å². The van der Waals surface area contributed by atoms with E-state index in [0.717, 1.165) is 23.5 Å². The average molecular weight is 470 g/mol. The fraction of sp³-hybridized carbons (Fsp3) is 0.211. The molecule has 31 heavy (non-hydrogen) atoms. The van der Waals surface area contributed by atoms with Gasteiger partial charge < -0.3 is 15.4 Å². The highest BCUT2D eigenvalue weighted by Crippen LogP contribution is 2.28. The lowest BCUT2D eigenvalue weighted by molar-refractivity contribution is 0.140. The molecule has 0 unspecified atom stereocenters. The summed E-state index contributed by atoms with van der Waals surface area (Å²) in [4.78, 5) is 2.61. The Bertz CT molecular complexity index is 1160. The van der Waals surface area contributed by atoms with E-state index in [1.807, 2.05) is 4.72 Å². The van der Waals surface area contributed by atoms with Crippen LogP contribution in [0.25, 0.3) is 0 Å².